The minimum atomic E-state index is 0.119. The number of hydrogen-bond donors (Lipinski definition) is 1. The lowest BCUT2D eigenvalue weighted by atomic mass is 9.82. The fraction of sp³-hybridized carbons (Fsp3) is 0.895. The summed E-state index contributed by atoms with van der Waals surface area (Å²) in [6.07, 6.45) is 13.4. The lowest BCUT2D eigenvalue weighted by Crippen LogP contribution is -2.39. The van der Waals surface area contributed by atoms with Crippen molar-refractivity contribution in [3.8, 4) is 0 Å². The van der Waals surface area contributed by atoms with Crippen LogP contribution in [-0.2, 0) is 4.79 Å². The minimum absolute atomic E-state index is 0.119. The van der Waals surface area contributed by atoms with Gasteiger partial charge in [0.25, 0.3) is 0 Å². The molecule has 0 saturated heterocycles. The maximum absolute atomic E-state index is 12.3. The van der Waals surface area contributed by atoms with E-state index in [1.807, 2.05) is 0 Å². The van der Waals surface area contributed by atoms with Crippen LogP contribution in [0.2, 0.25) is 0 Å². The van der Waals surface area contributed by atoms with E-state index in [0.29, 0.717) is 18.3 Å². The summed E-state index contributed by atoms with van der Waals surface area (Å²) in [4.78, 5) is 18.4. The van der Waals surface area contributed by atoms with Crippen LogP contribution in [0.4, 0.5) is 0 Å². The van der Waals surface area contributed by atoms with Crippen molar-refractivity contribution >= 4 is 11.9 Å². The Morgan fingerprint density at radius 1 is 1.09 bits per heavy atom. The highest BCUT2D eigenvalue weighted by atomic mass is 16.2. The first-order valence-electron chi connectivity index (χ1n) is 9.62. The van der Waals surface area contributed by atoms with Crippen LogP contribution in [0.5, 0.6) is 0 Å². The largest absolute Gasteiger partial charge is 0.369 e. The number of hydrogen-bond acceptors (Lipinski definition) is 2. The van der Waals surface area contributed by atoms with Crippen molar-refractivity contribution in [1.29, 1.82) is 0 Å². The van der Waals surface area contributed by atoms with Crippen molar-refractivity contribution in [1.82, 2.24) is 4.90 Å². The first-order valence-corrected chi connectivity index (χ1v) is 9.62. The van der Waals surface area contributed by atoms with Crippen LogP contribution in [0.25, 0.3) is 0 Å². The molecule has 2 rings (SSSR count). The molecule has 2 saturated carbocycles. The van der Waals surface area contributed by atoms with E-state index in [9.17, 15) is 4.79 Å². The van der Waals surface area contributed by atoms with Crippen LogP contribution < -0.4 is 5.73 Å². The molecule has 0 aliphatic heterocycles. The molecule has 1 amide bonds. The van der Waals surface area contributed by atoms with Gasteiger partial charge in [-0.25, -0.2) is 0 Å². The molecule has 2 aliphatic carbocycles. The third kappa shape index (κ3) is 6.15. The molecule has 0 aromatic heterocycles. The molecule has 2 N–H and O–H groups in total. The predicted octanol–water partition coefficient (Wildman–Crippen LogP) is 3.95. The van der Waals surface area contributed by atoms with E-state index >= 15 is 0 Å². The Labute approximate surface area is 141 Å². The number of guanidine groups is 1. The lowest BCUT2D eigenvalue weighted by molar-refractivity contribution is -0.126. The summed E-state index contributed by atoms with van der Waals surface area (Å²) < 4.78 is 0. The van der Waals surface area contributed by atoms with Gasteiger partial charge in [0.05, 0.1) is 0 Å². The minimum Gasteiger partial charge on any atom is -0.369 e. The average Bonchev–Trinajstić information content (AvgIpc) is 2.58. The zero-order valence-electron chi connectivity index (χ0n) is 15.1. The first kappa shape index (κ1) is 18.3. The zero-order chi connectivity index (χ0) is 16.7. The van der Waals surface area contributed by atoms with Gasteiger partial charge in [0.1, 0.15) is 0 Å². The topological polar surface area (TPSA) is 58.7 Å². The Bertz CT molecular complexity index is 401. The number of rotatable bonds is 5. The second-order valence-corrected chi connectivity index (χ2v) is 7.83. The number of carbonyl (C=O) groups is 1. The summed E-state index contributed by atoms with van der Waals surface area (Å²) in [5, 5.41) is 0. The first-order chi connectivity index (χ1) is 11.1. The van der Waals surface area contributed by atoms with Gasteiger partial charge in [0.2, 0.25) is 5.91 Å². The zero-order valence-corrected chi connectivity index (χ0v) is 15.1. The molecule has 0 aromatic carbocycles. The molecule has 0 aromatic rings. The van der Waals surface area contributed by atoms with Gasteiger partial charge in [-0.3, -0.25) is 14.7 Å². The van der Waals surface area contributed by atoms with Crippen molar-refractivity contribution in [3.05, 3.63) is 0 Å². The number of nitrogens with zero attached hydrogens (tertiary/aromatic N) is 2. The third-order valence-corrected chi connectivity index (χ3v) is 5.77. The van der Waals surface area contributed by atoms with Crippen LogP contribution in [0.15, 0.2) is 4.99 Å². The highest BCUT2D eigenvalue weighted by Gasteiger charge is 2.20. The van der Waals surface area contributed by atoms with E-state index in [-0.39, 0.29) is 5.91 Å². The standard InChI is InChI=1S/C19H35N3O/c1-15-7-6-10-17(13-15)14-21-19(20)22(2)18(23)12-11-16-8-4-3-5-9-16/h15-17H,3-14H2,1-2H3,(H2,20,21)/t15-,17+/m0/s1. The summed E-state index contributed by atoms with van der Waals surface area (Å²) in [5.74, 6) is 2.71. The number of amides is 1. The highest BCUT2D eigenvalue weighted by molar-refractivity contribution is 5.95. The van der Waals surface area contributed by atoms with E-state index in [2.05, 4.69) is 11.9 Å². The van der Waals surface area contributed by atoms with Gasteiger partial charge in [-0.05, 0) is 37.0 Å². The molecule has 2 aliphatic rings. The molecular weight excluding hydrogens is 286 g/mol. The van der Waals surface area contributed by atoms with E-state index in [1.54, 1.807) is 11.9 Å². The SMILES string of the molecule is C[C@H]1CCC[C@@H](CN=C(N)N(C)C(=O)CCC2CCCCC2)C1. The molecule has 132 valence electrons. The second kappa shape index (κ2) is 9.29. The molecule has 4 nitrogen and oxygen atoms in total. The highest BCUT2D eigenvalue weighted by Crippen LogP contribution is 2.29. The average molecular weight is 322 g/mol. The Hall–Kier alpha value is -1.06. The molecule has 2 fully saturated rings. The fourth-order valence-corrected chi connectivity index (χ4v) is 4.15. The lowest BCUT2D eigenvalue weighted by Gasteiger charge is -2.26. The Morgan fingerprint density at radius 2 is 1.78 bits per heavy atom. The van der Waals surface area contributed by atoms with Crippen LogP contribution in [0.1, 0.15) is 77.6 Å². The second-order valence-electron chi connectivity index (χ2n) is 7.83. The van der Waals surface area contributed by atoms with Crippen molar-refractivity contribution < 1.29 is 4.79 Å². The monoisotopic (exact) mass is 321 g/mol. The fourth-order valence-electron chi connectivity index (χ4n) is 4.15. The summed E-state index contributed by atoms with van der Waals surface area (Å²) in [6, 6.07) is 0. The molecule has 23 heavy (non-hydrogen) atoms. The third-order valence-electron chi connectivity index (χ3n) is 5.77. The van der Waals surface area contributed by atoms with Crippen LogP contribution in [0.3, 0.4) is 0 Å². The molecular formula is C19H35N3O. The smallest absolute Gasteiger partial charge is 0.229 e. The Balaban J connectivity index is 1.72. The molecule has 4 heteroatoms. The summed E-state index contributed by atoms with van der Waals surface area (Å²) in [7, 11) is 1.77. The van der Waals surface area contributed by atoms with Crippen molar-refractivity contribution in [2.45, 2.75) is 77.6 Å². The molecule has 0 radical (unpaired) electrons. The van der Waals surface area contributed by atoms with E-state index < -0.39 is 0 Å². The molecule has 2 atom stereocenters. The predicted molar refractivity (Wildman–Crippen MR) is 96.2 cm³/mol. The maximum atomic E-state index is 12.3. The number of nitrogens with two attached hydrogens (primary N) is 1. The van der Waals surface area contributed by atoms with Crippen LogP contribution >= 0.6 is 0 Å². The number of aliphatic imine (C=N–C) groups is 1. The summed E-state index contributed by atoms with van der Waals surface area (Å²) >= 11 is 0. The van der Waals surface area contributed by atoms with Gasteiger partial charge in [-0.1, -0.05) is 51.9 Å². The van der Waals surface area contributed by atoms with E-state index in [1.165, 1.54) is 57.8 Å². The van der Waals surface area contributed by atoms with E-state index in [4.69, 9.17) is 5.73 Å². The summed E-state index contributed by atoms with van der Waals surface area (Å²) in [5.41, 5.74) is 6.03. The van der Waals surface area contributed by atoms with Crippen LogP contribution in [-0.4, -0.2) is 30.4 Å². The van der Waals surface area contributed by atoms with Gasteiger partial charge in [0.15, 0.2) is 5.96 Å². The summed E-state index contributed by atoms with van der Waals surface area (Å²) in [6.45, 7) is 3.09. The normalized spacial score (nSPS) is 27.0. The van der Waals surface area contributed by atoms with Gasteiger partial charge < -0.3 is 5.73 Å². The maximum Gasteiger partial charge on any atom is 0.229 e. The molecule has 0 unspecified atom stereocenters. The number of carbonyl (C=O) groups excluding carboxylic acids is 1. The van der Waals surface area contributed by atoms with Gasteiger partial charge in [0, 0.05) is 20.0 Å². The van der Waals surface area contributed by atoms with Crippen molar-refractivity contribution in [3.63, 3.8) is 0 Å². The van der Waals surface area contributed by atoms with Crippen molar-refractivity contribution in [2.24, 2.45) is 28.5 Å². The Kier molecular flexibility index (Phi) is 7.38. The van der Waals surface area contributed by atoms with Gasteiger partial charge in [-0.15, -0.1) is 0 Å². The van der Waals surface area contributed by atoms with Gasteiger partial charge in [-0.2, -0.15) is 0 Å². The van der Waals surface area contributed by atoms with Crippen LogP contribution in [0, 0.1) is 17.8 Å². The molecule has 0 heterocycles. The Morgan fingerprint density at radius 3 is 2.48 bits per heavy atom. The van der Waals surface area contributed by atoms with Crippen molar-refractivity contribution in [2.75, 3.05) is 13.6 Å². The van der Waals surface area contributed by atoms with E-state index in [0.717, 1.165) is 24.8 Å². The van der Waals surface area contributed by atoms with Gasteiger partial charge >= 0.3 is 0 Å². The quantitative estimate of drug-likeness (QED) is 0.616. The molecule has 0 bridgehead atoms. The molecule has 0 spiro atoms.